The molecule has 0 aromatic heterocycles. The van der Waals surface area contributed by atoms with Crippen molar-refractivity contribution >= 4 is 15.9 Å². The van der Waals surface area contributed by atoms with Gasteiger partial charge in [0.15, 0.2) is 0 Å². The van der Waals surface area contributed by atoms with Crippen molar-refractivity contribution in [1.82, 2.24) is 0 Å². The third kappa shape index (κ3) is 3.61. The third-order valence-corrected chi connectivity index (χ3v) is 3.40. The SMILES string of the molecule is Cc1cc(F)ccc1C(O)Cc1cc(F)cc(Br)c1. The average Bonchev–Trinajstić information content (AvgIpc) is 2.26. The predicted molar refractivity (Wildman–Crippen MR) is 73.9 cm³/mol. The van der Waals surface area contributed by atoms with E-state index in [1.54, 1.807) is 19.1 Å². The van der Waals surface area contributed by atoms with Gasteiger partial charge in [-0.15, -0.1) is 0 Å². The Bertz CT molecular complexity index is 578. The van der Waals surface area contributed by atoms with Gasteiger partial charge in [-0.1, -0.05) is 22.0 Å². The van der Waals surface area contributed by atoms with E-state index in [2.05, 4.69) is 15.9 Å². The van der Waals surface area contributed by atoms with Crippen LogP contribution in [0.4, 0.5) is 8.78 Å². The summed E-state index contributed by atoms with van der Waals surface area (Å²) in [6.45, 7) is 1.74. The zero-order valence-electron chi connectivity index (χ0n) is 10.3. The maximum Gasteiger partial charge on any atom is 0.124 e. The van der Waals surface area contributed by atoms with Gasteiger partial charge in [-0.25, -0.2) is 8.78 Å². The van der Waals surface area contributed by atoms with Crippen LogP contribution in [0.5, 0.6) is 0 Å². The van der Waals surface area contributed by atoms with Gasteiger partial charge in [-0.2, -0.15) is 0 Å². The van der Waals surface area contributed by atoms with Crippen molar-refractivity contribution in [2.24, 2.45) is 0 Å². The van der Waals surface area contributed by atoms with E-state index >= 15 is 0 Å². The molecule has 100 valence electrons. The van der Waals surface area contributed by atoms with Crippen molar-refractivity contribution in [3.63, 3.8) is 0 Å². The molecule has 0 saturated carbocycles. The molecule has 0 bridgehead atoms. The molecule has 0 aliphatic carbocycles. The quantitative estimate of drug-likeness (QED) is 0.891. The Morgan fingerprint density at radius 3 is 2.47 bits per heavy atom. The van der Waals surface area contributed by atoms with Gasteiger partial charge < -0.3 is 5.11 Å². The lowest BCUT2D eigenvalue weighted by atomic mass is 9.97. The fraction of sp³-hybridized carbons (Fsp3) is 0.200. The Hall–Kier alpha value is -1.26. The normalized spacial score (nSPS) is 12.5. The van der Waals surface area contributed by atoms with Crippen LogP contribution in [0.25, 0.3) is 0 Å². The Balaban J connectivity index is 2.22. The van der Waals surface area contributed by atoms with Crippen molar-refractivity contribution in [2.45, 2.75) is 19.4 Å². The molecule has 4 heteroatoms. The van der Waals surface area contributed by atoms with Crippen LogP contribution < -0.4 is 0 Å². The van der Waals surface area contributed by atoms with Gasteiger partial charge in [0.05, 0.1) is 6.10 Å². The first-order chi connectivity index (χ1) is 8.95. The summed E-state index contributed by atoms with van der Waals surface area (Å²) in [6, 6.07) is 8.74. The van der Waals surface area contributed by atoms with Crippen molar-refractivity contribution in [2.75, 3.05) is 0 Å². The molecule has 1 N–H and O–H groups in total. The number of hydrogen-bond donors (Lipinski definition) is 1. The molecule has 0 saturated heterocycles. The topological polar surface area (TPSA) is 20.2 Å². The second-order valence-electron chi connectivity index (χ2n) is 4.50. The summed E-state index contributed by atoms with van der Waals surface area (Å²) in [5, 5.41) is 10.2. The number of aryl methyl sites for hydroxylation is 1. The second-order valence-corrected chi connectivity index (χ2v) is 5.41. The van der Waals surface area contributed by atoms with Gasteiger partial charge in [-0.05, 0) is 53.9 Å². The lowest BCUT2D eigenvalue weighted by Crippen LogP contribution is -2.04. The van der Waals surface area contributed by atoms with E-state index < -0.39 is 6.10 Å². The molecular weight excluding hydrogens is 314 g/mol. The zero-order chi connectivity index (χ0) is 14.0. The van der Waals surface area contributed by atoms with Gasteiger partial charge >= 0.3 is 0 Å². The first-order valence-corrected chi connectivity index (χ1v) is 6.64. The van der Waals surface area contributed by atoms with Crippen LogP contribution in [0.1, 0.15) is 22.8 Å². The summed E-state index contributed by atoms with van der Waals surface area (Å²) in [6.07, 6.45) is -0.502. The van der Waals surface area contributed by atoms with Gasteiger partial charge in [0.25, 0.3) is 0 Å². The zero-order valence-corrected chi connectivity index (χ0v) is 11.9. The third-order valence-electron chi connectivity index (χ3n) is 2.94. The van der Waals surface area contributed by atoms with Crippen LogP contribution in [-0.2, 0) is 6.42 Å². The number of aliphatic hydroxyl groups excluding tert-OH is 1. The molecule has 19 heavy (non-hydrogen) atoms. The number of hydrogen-bond acceptors (Lipinski definition) is 1. The molecule has 0 spiro atoms. The molecule has 2 rings (SSSR count). The minimum Gasteiger partial charge on any atom is -0.388 e. The summed E-state index contributed by atoms with van der Waals surface area (Å²) in [5.74, 6) is -0.686. The van der Waals surface area contributed by atoms with Crippen LogP contribution >= 0.6 is 15.9 Å². The van der Waals surface area contributed by atoms with Crippen molar-refractivity contribution in [3.8, 4) is 0 Å². The van der Waals surface area contributed by atoms with Crippen LogP contribution in [-0.4, -0.2) is 5.11 Å². The van der Waals surface area contributed by atoms with E-state index in [0.29, 0.717) is 21.2 Å². The molecule has 1 nitrogen and oxygen atoms in total. The molecule has 0 fully saturated rings. The smallest absolute Gasteiger partial charge is 0.124 e. The van der Waals surface area contributed by atoms with Gasteiger partial charge in [0.1, 0.15) is 11.6 Å². The van der Waals surface area contributed by atoms with E-state index in [0.717, 1.165) is 0 Å². The molecular formula is C15H13BrF2O. The minimum absolute atomic E-state index is 0.281. The van der Waals surface area contributed by atoms with Crippen LogP contribution in [0.2, 0.25) is 0 Å². The van der Waals surface area contributed by atoms with E-state index in [1.165, 1.54) is 24.3 Å². The first-order valence-electron chi connectivity index (χ1n) is 5.85. The Kier molecular flexibility index (Phi) is 4.32. The number of aliphatic hydroxyl groups is 1. The molecule has 0 aliphatic rings. The first kappa shape index (κ1) is 14.2. The van der Waals surface area contributed by atoms with Crippen LogP contribution in [0.15, 0.2) is 40.9 Å². The highest BCUT2D eigenvalue weighted by atomic mass is 79.9. The maximum atomic E-state index is 13.3. The van der Waals surface area contributed by atoms with Gasteiger partial charge in [-0.3, -0.25) is 0 Å². The van der Waals surface area contributed by atoms with Crippen molar-refractivity contribution in [1.29, 1.82) is 0 Å². The largest absolute Gasteiger partial charge is 0.388 e. The van der Waals surface area contributed by atoms with Crippen LogP contribution in [0, 0.1) is 18.6 Å². The van der Waals surface area contributed by atoms with Gasteiger partial charge in [0.2, 0.25) is 0 Å². The fourth-order valence-electron chi connectivity index (χ4n) is 2.08. The summed E-state index contributed by atoms with van der Waals surface area (Å²) in [4.78, 5) is 0. The standard InChI is InChI=1S/C15H13BrF2O/c1-9-4-12(17)2-3-14(9)15(19)7-10-5-11(16)8-13(18)6-10/h2-6,8,15,19H,7H2,1H3. The lowest BCUT2D eigenvalue weighted by molar-refractivity contribution is 0.177. The summed E-state index contributed by atoms with van der Waals surface area (Å²) < 4.78 is 26.9. The molecule has 0 aliphatic heterocycles. The molecule has 0 radical (unpaired) electrons. The second kappa shape index (κ2) is 5.80. The molecule has 1 unspecified atom stereocenters. The Morgan fingerprint density at radius 2 is 1.84 bits per heavy atom. The molecule has 0 amide bonds. The van der Waals surface area contributed by atoms with E-state index in [1.807, 2.05) is 0 Å². The highest BCUT2D eigenvalue weighted by Gasteiger charge is 2.12. The average molecular weight is 327 g/mol. The lowest BCUT2D eigenvalue weighted by Gasteiger charge is -2.14. The van der Waals surface area contributed by atoms with E-state index in [-0.39, 0.29) is 18.1 Å². The van der Waals surface area contributed by atoms with Crippen molar-refractivity contribution in [3.05, 3.63) is 69.2 Å². The summed E-state index contributed by atoms with van der Waals surface area (Å²) in [5.41, 5.74) is 2.02. The molecule has 1 atom stereocenters. The highest BCUT2D eigenvalue weighted by molar-refractivity contribution is 9.10. The fourth-order valence-corrected chi connectivity index (χ4v) is 2.59. The monoisotopic (exact) mass is 326 g/mol. The highest BCUT2D eigenvalue weighted by Crippen LogP contribution is 2.24. The number of benzene rings is 2. The van der Waals surface area contributed by atoms with E-state index in [4.69, 9.17) is 0 Å². The molecule has 2 aromatic rings. The maximum absolute atomic E-state index is 13.3. The van der Waals surface area contributed by atoms with E-state index in [9.17, 15) is 13.9 Å². The number of rotatable bonds is 3. The van der Waals surface area contributed by atoms with Gasteiger partial charge in [0, 0.05) is 10.9 Å². The van der Waals surface area contributed by atoms with Crippen molar-refractivity contribution < 1.29 is 13.9 Å². The summed E-state index contributed by atoms with van der Waals surface area (Å²) >= 11 is 3.21. The molecule has 0 heterocycles. The Labute approximate surface area is 119 Å². The summed E-state index contributed by atoms with van der Waals surface area (Å²) in [7, 11) is 0. The Morgan fingerprint density at radius 1 is 1.11 bits per heavy atom. The van der Waals surface area contributed by atoms with Crippen LogP contribution in [0.3, 0.4) is 0 Å². The molecule has 2 aromatic carbocycles. The predicted octanol–water partition coefficient (Wildman–Crippen LogP) is 4.31. The minimum atomic E-state index is -0.783. The number of halogens is 3.